The zero-order chi connectivity index (χ0) is 34.8. The summed E-state index contributed by atoms with van der Waals surface area (Å²) in [6, 6.07) is 25.6. The molecule has 0 fully saturated rings. The average Bonchev–Trinajstić information content (AvgIpc) is 3.09. The van der Waals surface area contributed by atoms with Gasteiger partial charge in [0.05, 0.1) is 24.8 Å². The van der Waals surface area contributed by atoms with Crippen molar-refractivity contribution < 1.29 is 27.5 Å². The molecule has 1 N–H and O–H groups in total. The molecule has 0 heterocycles. The van der Waals surface area contributed by atoms with Gasteiger partial charge in [-0.1, -0.05) is 85.6 Å². The lowest BCUT2D eigenvalue weighted by atomic mass is 10.0. The van der Waals surface area contributed by atoms with E-state index in [1.54, 1.807) is 42.5 Å². The van der Waals surface area contributed by atoms with E-state index in [4.69, 9.17) is 32.7 Å². The van der Waals surface area contributed by atoms with Gasteiger partial charge in [-0.25, -0.2) is 8.42 Å². The summed E-state index contributed by atoms with van der Waals surface area (Å²) in [5, 5.41) is 3.56. The number of methoxy groups -OCH3 is 2. The Morgan fingerprint density at radius 3 is 2.04 bits per heavy atom. The number of carbonyl (C=O) groups is 2. The number of amides is 2. The number of anilines is 1. The van der Waals surface area contributed by atoms with Crippen molar-refractivity contribution in [1.82, 2.24) is 10.2 Å². The second-order valence-electron chi connectivity index (χ2n) is 11.4. The van der Waals surface area contributed by atoms with Crippen molar-refractivity contribution >= 4 is 50.7 Å². The molecule has 4 rings (SSSR count). The number of hydrogen-bond donors (Lipinski definition) is 1. The minimum absolute atomic E-state index is 0.0711. The van der Waals surface area contributed by atoms with E-state index in [0.717, 1.165) is 9.87 Å². The van der Waals surface area contributed by atoms with Gasteiger partial charge in [-0.2, -0.15) is 0 Å². The Kier molecular flexibility index (Phi) is 12.7. The first-order valence-corrected chi connectivity index (χ1v) is 17.5. The normalized spacial score (nSPS) is 11.9. The lowest BCUT2D eigenvalue weighted by Gasteiger charge is -2.34. The van der Waals surface area contributed by atoms with Crippen LogP contribution in [0.5, 0.6) is 11.5 Å². The van der Waals surface area contributed by atoms with Gasteiger partial charge < -0.3 is 19.7 Å². The highest BCUT2D eigenvalue weighted by Crippen LogP contribution is 2.34. The molecule has 0 saturated heterocycles. The number of benzene rings is 4. The number of carbonyl (C=O) groups excluding carboxylic acids is 2. The quantitative estimate of drug-likeness (QED) is 0.149. The Morgan fingerprint density at radius 2 is 1.44 bits per heavy atom. The van der Waals surface area contributed by atoms with Crippen molar-refractivity contribution in [3.63, 3.8) is 0 Å². The zero-order valence-electron chi connectivity index (χ0n) is 27.2. The molecule has 0 aliphatic carbocycles. The summed E-state index contributed by atoms with van der Waals surface area (Å²) < 4.78 is 40.4. The van der Waals surface area contributed by atoms with Gasteiger partial charge >= 0.3 is 0 Å². The molecule has 0 bridgehead atoms. The molecule has 4 aromatic carbocycles. The summed E-state index contributed by atoms with van der Waals surface area (Å²) in [7, 11) is -1.46. The molecule has 12 heteroatoms. The van der Waals surface area contributed by atoms with Crippen LogP contribution in [0.2, 0.25) is 10.0 Å². The minimum Gasteiger partial charge on any atom is -0.497 e. The summed E-state index contributed by atoms with van der Waals surface area (Å²) in [5.74, 6) is -0.212. The predicted molar refractivity (Wildman–Crippen MR) is 189 cm³/mol. The molecule has 254 valence electrons. The largest absolute Gasteiger partial charge is 0.497 e. The van der Waals surface area contributed by atoms with Crippen molar-refractivity contribution in [1.29, 1.82) is 0 Å². The first-order chi connectivity index (χ1) is 23.0. The number of nitrogens with one attached hydrogen (secondary N) is 1. The van der Waals surface area contributed by atoms with Crippen molar-refractivity contribution in [3.05, 3.63) is 118 Å². The molecule has 48 heavy (non-hydrogen) atoms. The van der Waals surface area contributed by atoms with Crippen LogP contribution in [-0.2, 0) is 32.6 Å². The first-order valence-electron chi connectivity index (χ1n) is 15.3. The molecule has 0 radical (unpaired) electrons. The lowest BCUT2D eigenvalue weighted by molar-refractivity contribution is -0.140. The van der Waals surface area contributed by atoms with Crippen LogP contribution in [0.1, 0.15) is 25.0 Å². The molecular weight excluding hydrogens is 673 g/mol. The molecule has 9 nitrogen and oxygen atoms in total. The molecule has 0 aliphatic rings. The first kappa shape index (κ1) is 36.6. The Bertz CT molecular complexity index is 1780. The number of ether oxygens (including phenoxy) is 2. The Morgan fingerprint density at radius 1 is 0.812 bits per heavy atom. The maximum Gasteiger partial charge on any atom is 0.264 e. The molecule has 2 amide bonds. The van der Waals surface area contributed by atoms with Crippen LogP contribution >= 0.6 is 23.2 Å². The van der Waals surface area contributed by atoms with Gasteiger partial charge in [0, 0.05) is 35.1 Å². The number of para-hydroxylation sites is 2. The van der Waals surface area contributed by atoms with Crippen LogP contribution in [0.4, 0.5) is 5.69 Å². The fourth-order valence-electron chi connectivity index (χ4n) is 5.05. The fraction of sp³-hybridized carbons (Fsp3) is 0.278. The van der Waals surface area contributed by atoms with Crippen LogP contribution in [0, 0.1) is 5.92 Å². The molecular formula is C36H39Cl2N3O6S. The summed E-state index contributed by atoms with van der Waals surface area (Å²) in [6.07, 6.45) is 0.151. The summed E-state index contributed by atoms with van der Waals surface area (Å²) in [6.45, 7) is 3.48. The monoisotopic (exact) mass is 711 g/mol. The molecule has 0 aliphatic heterocycles. The average molecular weight is 713 g/mol. The predicted octanol–water partition coefficient (Wildman–Crippen LogP) is 6.62. The molecule has 1 atom stereocenters. The lowest BCUT2D eigenvalue weighted by Crippen LogP contribution is -2.53. The highest BCUT2D eigenvalue weighted by molar-refractivity contribution is 7.92. The Labute approximate surface area is 292 Å². The topological polar surface area (TPSA) is 105 Å². The van der Waals surface area contributed by atoms with Gasteiger partial charge in [0.15, 0.2) is 0 Å². The second-order valence-corrected chi connectivity index (χ2v) is 14.1. The van der Waals surface area contributed by atoms with Crippen molar-refractivity contribution in [2.24, 2.45) is 5.92 Å². The fourth-order valence-corrected chi connectivity index (χ4v) is 7.00. The summed E-state index contributed by atoms with van der Waals surface area (Å²) in [4.78, 5) is 29.9. The third-order valence-corrected chi connectivity index (χ3v) is 10.1. The Balaban J connectivity index is 1.86. The van der Waals surface area contributed by atoms with Crippen LogP contribution in [0.25, 0.3) is 0 Å². The number of sulfonamides is 1. The molecule has 0 saturated carbocycles. The van der Waals surface area contributed by atoms with E-state index in [9.17, 15) is 18.0 Å². The van der Waals surface area contributed by atoms with Gasteiger partial charge in [-0.15, -0.1) is 0 Å². The molecule has 0 aromatic heterocycles. The summed E-state index contributed by atoms with van der Waals surface area (Å²) in [5.41, 5.74) is 1.37. The minimum atomic E-state index is -4.36. The highest BCUT2D eigenvalue weighted by Gasteiger charge is 2.36. The maximum absolute atomic E-state index is 14.7. The highest BCUT2D eigenvalue weighted by atomic mass is 35.5. The number of nitrogens with zero attached hydrogens (tertiary/aromatic N) is 2. The van der Waals surface area contributed by atoms with Crippen LogP contribution in [0.15, 0.2) is 102 Å². The number of halogens is 2. The van der Waals surface area contributed by atoms with Crippen molar-refractivity contribution in [2.45, 2.75) is 37.8 Å². The molecule has 0 unspecified atom stereocenters. The number of hydrogen-bond acceptors (Lipinski definition) is 6. The SMILES string of the molecule is COc1ccc(S(=O)(=O)N(CC(=O)N(Cc2c(Cl)cccc2Cl)[C@H](Cc2ccccc2)C(=O)NCC(C)C)c2ccccc2OC)cc1. The summed E-state index contributed by atoms with van der Waals surface area (Å²) >= 11 is 13.2. The van der Waals surface area contributed by atoms with Gasteiger partial charge in [-0.3, -0.25) is 13.9 Å². The van der Waals surface area contributed by atoms with Gasteiger partial charge in [0.2, 0.25) is 11.8 Å². The van der Waals surface area contributed by atoms with Crippen LogP contribution < -0.4 is 19.1 Å². The molecule has 0 spiro atoms. The third-order valence-electron chi connectivity index (χ3n) is 7.63. The van der Waals surface area contributed by atoms with Crippen molar-refractivity contribution in [2.75, 3.05) is 31.6 Å². The van der Waals surface area contributed by atoms with E-state index in [2.05, 4.69) is 5.32 Å². The van der Waals surface area contributed by atoms with E-state index >= 15 is 0 Å². The van der Waals surface area contributed by atoms with E-state index in [1.165, 1.54) is 43.4 Å². The molecule has 4 aromatic rings. The van der Waals surface area contributed by atoms with E-state index < -0.39 is 34.4 Å². The standard InChI is InChI=1S/C36H39Cl2N3O6S/c1-25(2)22-39-36(43)33(21-26-11-6-5-7-12-26)40(23-29-30(37)13-10-14-31(29)38)35(42)24-41(32-15-8-9-16-34(32)47-4)48(44,45)28-19-17-27(46-3)18-20-28/h5-20,25,33H,21-24H2,1-4H3,(H,39,43)/t33-/m1/s1. The van der Waals surface area contributed by atoms with Gasteiger partial charge in [0.1, 0.15) is 24.1 Å². The smallest absolute Gasteiger partial charge is 0.264 e. The second kappa shape index (κ2) is 16.7. The van der Waals surface area contributed by atoms with E-state index in [0.29, 0.717) is 27.9 Å². The van der Waals surface area contributed by atoms with Crippen molar-refractivity contribution in [3.8, 4) is 11.5 Å². The maximum atomic E-state index is 14.7. The third kappa shape index (κ3) is 9.00. The van der Waals surface area contributed by atoms with E-state index in [-0.39, 0.29) is 35.2 Å². The zero-order valence-corrected chi connectivity index (χ0v) is 29.6. The van der Waals surface area contributed by atoms with Gasteiger partial charge in [-0.05, 0) is 60.0 Å². The van der Waals surface area contributed by atoms with Crippen LogP contribution in [0.3, 0.4) is 0 Å². The number of rotatable bonds is 15. The van der Waals surface area contributed by atoms with Gasteiger partial charge in [0.25, 0.3) is 10.0 Å². The van der Waals surface area contributed by atoms with Crippen LogP contribution in [-0.4, -0.2) is 58.5 Å². The van der Waals surface area contributed by atoms with E-state index in [1.807, 2.05) is 44.2 Å². The Hall–Kier alpha value is -4.25.